The Balaban J connectivity index is 2.24. The Bertz CT molecular complexity index is 501. The number of ether oxygens (including phenoxy) is 1. The Kier molecular flexibility index (Phi) is 2.95. The van der Waals surface area contributed by atoms with Gasteiger partial charge in [0, 0.05) is 17.1 Å². The van der Waals surface area contributed by atoms with Crippen LogP contribution in [0.3, 0.4) is 0 Å². The molecule has 3 heteroatoms. The molecule has 1 atom stereocenters. The highest BCUT2D eigenvalue weighted by molar-refractivity contribution is 5.83. The first-order valence-electron chi connectivity index (χ1n) is 5.35. The number of methoxy groups -OCH3 is 1. The van der Waals surface area contributed by atoms with Gasteiger partial charge in [-0.1, -0.05) is 25.1 Å². The summed E-state index contributed by atoms with van der Waals surface area (Å²) in [4.78, 5) is 14.5. The number of para-hydroxylation sites is 1. The maximum atomic E-state index is 11.3. The Morgan fingerprint density at radius 1 is 1.44 bits per heavy atom. The molecule has 0 bridgehead atoms. The standard InChI is InChI=1S/C13H15NO2/c1-9(13(15)16-2)7-10-8-14-12-6-4-3-5-11(10)12/h3-6,8-9,14H,7H2,1-2H3/t9-/m1/s1. The fraction of sp³-hybridized carbons (Fsp3) is 0.308. The molecule has 0 radical (unpaired) electrons. The zero-order valence-electron chi connectivity index (χ0n) is 9.49. The van der Waals surface area contributed by atoms with Crippen LogP contribution in [0.4, 0.5) is 0 Å². The van der Waals surface area contributed by atoms with Crippen LogP contribution in [-0.4, -0.2) is 18.1 Å². The van der Waals surface area contributed by atoms with Crippen LogP contribution in [0.5, 0.6) is 0 Å². The number of carbonyl (C=O) groups excluding carboxylic acids is 1. The van der Waals surface area contributed by atoms with Gasteiger partial charge in [0.1, 0.15) is 0 Å². The van der Waals surface area contributed by atoms with Crippen LogP contribution in [0, 0.1) is 5.92 Å². The molecule has 0 aliphatic heterocycles. The lowest BCUT2D eigenvalue weighted by Gasteiger charge is -2.07. The van der Waals surface area contributed by atoms with E-state index in [4.69, 9.17) is 4.74 Å². The second-order valence-electron chi connectivity index (χ2n) is 3.99. The van der Waals surface area contributed by atoms with Gasteiger partial charge in [-0.2, -0.15) is 0 Å². The van der Waals surface area contributed by atoms with E-state index in [1.54, 1.807) is 0 Å². The minimum absolute atomic E-state index is 0.107. The molecule has 0 spiro atoms. The zero-order valence-corrected chi connectivity index (χ0v) is 9.49. The summed E-state index contributed by atoms with van der Waals surface area (Å²) >= 11 is 0. The lowest BCUT2D eigenvalue weighted by molar-refractivity contribution is -0.144. The predicted molar refractivity (Wildman–Crippen MR) is 63.2 cm³/mol. The van der Waals surface area contributed by atoms with Gasteiger partial charge in [-0.15, -0.1) is 0 Å². The molecule has 1 aromatic carbocycles. The van der Waals surface area contributed by atoms with Gasteiger partial charge in [0.2, 0.25) is 0 Å². The molecule has 0 unspecified atom stereocenters. The van der Waals surface area contributed by atoms with E-state index in [2.05, 4.69) is 11.1 Å². The molecular formula is C13H15NO2. The number of fused-ring (bicyclic) bond motifs is 1. The van der Waals surface area contributed by atoms with Crippen molar-refractivity contribution in [1.82, 2.24) is 4.98 Å². The fourth-order valence-corrected chi connectivity index (χ4v) is 1.91. The number of H-pyrrole nitrogens is 1. The summed E-state index contributed by atoms with van der Waals surface area (Å²) in [6, 6.07) is 8.08. The van der Waals surface area contributed by atoms with E-state index in [9.17, 15) is 4.79 Å². The topological polar surface area (TPSA) is 42.1 Å². The SMILES string of the molecule is COC(=O)[C@H](C)Cc1c[nH]c2ccccc12. The summed E-state index contributed by atoms with van der Waals surface area (Å²) < 4.78 is 4.72. The number of carbonyl (C=O) groups is 1. The van der Waals surface area contributed by atoms with Gasteiger partial charge in [0.05, 0.1) is 13.0 Å². The van der Waals surface area contributed by atoms with E-state index in [0.717, 1.165) is 11.1 Å². The van der Waals surface area contributed by atoms with Crippen LogP contribution in [0.1, 0.15) is 12.5 Å². The maximum Gasteiger partial charge on any atom is 0.308 e. The van der Waals surface area contributed by atoms with Crippen molar-refractivity contribution in [2.75, 3.05) is 7.11 Å². The Hall–Kier alpha value is -1.77. The highest BCUT2D eigenvalue weighted by Gasteiger charge is 2.15. The van der Waals surface area contributed by atoms with Crippen molar-refractivity contribution in [1.29, 1.82) is 0 Å². The van der Waals surface area contributed by atoms with Crippen molar-refractivity contribution < 1.29 is 9.53 Å². The van der Waals surface area contributed by atoms with Crippen molar-refractivity contribution in [2.24, 2.45) is 5.92 Å². The number of hydrogen-bond acceptors (Lipinski definition) is 2. The number of hydrogen-bond donors (Lipinski definition) is 1. The highest BCUT2D eigenvalue weighted by atomic mass is 16.5. The molecule has 0 saturated carbocycles. The molecule has 1 heterocycles. The van der Waals surface area contributed by atoms with E-state index in [-0.39, 0.29) is 11.9 Å². The average Bonchev–Trinajstić information content (AvgIpc) is 2.72. The molecule has 0 fully saturated rings. The number of nitrogens with one attached hydrogen (secondary N) is 1. The van der Waals surface area contributed by atoms with Crippen LogP contribution < -0.4 is 0 Å². The quantitative estimate of drug-likeness (QED) is 0.803. The van der Waals surface area contributed by atoms with Gasteiger partial charge in [0.15, 0.2) is 0 Å². The van der Waals surface area contributed by atoms with Crippen molar-refractivity contribution >= 4 is 16.9 Å². The second-order valence-corrected chi connectivity index (χ2v) is 3.99. The van der Waals surface area contributed by atoms with E-state index in [1.807, 2.05) is 31.3 Å². The van der Waals surface area contributed by atoms with Crippen LogP contribution in [0.25, 0.3) is 10.9 Å². The molecule has 0 saturated heterocycles. The maximum absolute atomic E-state index is 11.3. The molecule has 2 rings (SSSR count). The third kappa shape index (κ3) is 1.94. The van der Waals surface area contributed by atoms with Gasteiger partial charge in [-0.3, -0.25) is 4.79 Å². The normalized spacial score (nSPS) is 12.6. The third-order valence-corrected chi connectivity index (χ3v) is 2.80. The smallest absolute Gasteiger partial charge is 0.308 e. The second kappa shape index (κ2) is 4.39. The zero-order chi connectivity index (χ0) is 11.5. The van der Waals surface area contributed by atoms with Gasteiger partial charge in [-0.05, 0) is 18.1 Å². The first-order chi connectivity index (χ1) is 7.72. The number of benzene rings is 1. The summed E-state index contributed by atoms with van der Waals surface area (Å²) in [7, 11) is 1.42. The molecular weight excluding hydrogens is 202 g/mol. The number of aromatic nitrogens is 1. The van der Waals surface area contributed by atoms with E-state index in [0.29, 0.717) is 6.42 Å². The first kappa shape index (κ1) is 10.7. The van der Waals surface area contributed by atoms with Gasteiger partial charge in [-0.25, -0.2) is 0 Å². The Morgan fingerprint density at radius 2 is 2.19 bits per heavy atom. The lowest BCUT2D eigenvalue weighted by atomic mass is 10.0. The van der Waals surface area contributed by atoms with Crippen LogP contribution in [0.2, 0.25) is 0 Å². The van der Waals surface area contributed by atoms with Crippen molar-refractivity contribution in [3.05, 3.63) is 36.0 Å². The fourth-order valence-electron chi connectivity index (χ4n) is 1.91. The van der Waals surface area contributed by atoms with Crippen LogP contribution >= 0.6 is 0 Å². The van der Waals surface area contributed by atoms with Gasteiger partial charge < -0.3 is 9.72 Å². The van der Waals surface area contributed by atoms with E-state index < -0.39 is 0 Å². The van der Waals surface area contributed by atoms with E-state index in [1.165, 1.54) is 12.5 Å². The summed E-state index contributed by atoms with van der Waals surface area (Å²) in [5.74, 6) is -0.269. The molecule has 2 aromatic rings. The van der Waals surface area contributed by atoms with Gasteiger partial charge in [0.25, 0.3) is 0 Å². The van der Waals surface area contributed by atoms with Gasteiger partial charge >= 0.3 is 5.97 Å². The molecule has 0 aliphatic rings. The summed E-state index contributed by atoms with van der Waals surface area (Å²) in [6.45, 7) is 1.88. The van der Waals surface area contributed by atoms with Crippen LogP contribution in [-0.2, 0) is 16.0 Å². The predicted octanol–water partition coefficient (Wildman–Crippen LogP) is 2.52. The number of aromatic amines is 1. The van der Waals surface area contributed by atoms with Crippen LogP contribution in [0.15, 0.2) is 30.5 Å². The minimum Gasteiger partial charge on any atom is -0.469 e. The van der Waals surface area contributed by atoms with Crippen molar-refractivity contribution in [3.63, 3.8) is 0 Å². The molecule has 0 amide bonds. The lowest BCUT2D eigenvalue weighted by Crippen LogP contribution is -2.14. The minimum atomic E-state index is -0.162. The molecule has 1 aromatic heterocycles. The molecule has 84 valence electrons. The summed E-state index contributed by atoms with van der Waals surface area (Å²) in [6.07, 6.45) is 2.67. The Morgan fingerprint density at radius 3 is 2.94 bits per heavy atom. The molecule has 1 N–H and O–H groups in total. The van der Waals surface area contributed by atoms with Crippen molar-refractivity contribution in [2.45, 2.75) is 13.3 Å². The monoisotopic (exact) mass is 217 g/mol. The average molecular weight is 217 g/mol. The van der Waals surface area contributed by atoms with Crippen molar-refractivity contribution in [3.8, 4) is 0 Å². The summed E-state index contributed by atoms with van der Waals surface area (Å²) in [5, 5.41) is 1.18. The molecule has 16 heavy (non-hydrogen) atoms. The largest absolute Gasteiger partial charge is 0.469 e. The summed E-state index contributed by atoms with van der Waals surface area (Å²) in [5.41, 5.74) is 2.27. The molecule has 3 nitrogen and oxygen atoms in total. The highest BCUT2D eigenvalue weighted by Crippen LogP contribution is 2.20. The third-order valence-electron chi connectivity index (χ3n) is 2.80. The Labute approximate surface area is 94.4 Å². The first-order valence-corrected chi connectivity index (χ1v) is 5.35. The number of esters is 1. The molecule has 0 aliphatic carbocycles. The van der Waals surface area contributed by atoms with E-state index >= 15 is 0 Å². The number of rotatable bonds is 3.